The van der Waals surface area contributed by atoms with E-state index in [1.54, 1.807) is 35.2 Å². The summed E-state index contributed by atoms with van der Waals surface area (Å²) in [6, 6.07) is 9.53. The molecule has 1 aromatic carbocycles. The smallest absolute Gasteiger partial charge is 0.353 e. The molecule has 1 aliphatic rings. The van der Waals surface area contributed by atoms with E-state index in [-0.39, 0.29) is 44.7 Å². The highest BCUT2D eigenvalue weighted by Crippen LogP contribution is 2.31. The van der Waals surface area contributed by atoms with Gasteiger partial charge in [-0.2, -0.15) is 18.3 Å². The molecular formula is C27H25F5N8O2. The van der Waals surface area contributed by atoms with E-state index < -0.39 is 42.5 Å². The summed E-state index contributed by atoms with van der Waals surface area (Å²) in [4.78, 5) is 43.7. The van der Waals surface area contributed by atoms with E-state index in [1.807, 2.05) is 0 Å². The van der Waals surface area contributed by atoms with Crippen molar-refractivity contribution < 1.29 is 31.5 Å². The van der Waals surface area contributed by atoms with Crippen molar-refractivity contribution in [2.75, 3.05) is 29.4 Å². The zero-order valence-electron chi connectivity index (χ0n) is 22.1. The van der Waals surface area contributed by atoms with Crippen LogP contribution in [0.4, 0.5) is 38.4 Å². The number of urea groups is 1. The zero-order chi connectivity index (χ0) is 29.9. The number of anilines is 2. The van der Waals surface area contributed by atoms with E-state index >= 15 is 0 Å². The lowest BCUT2D eigenvalue weighted by Crippen LogP contribution is -2.50. The molecule has 0 atom stereocenters. The monoisotopic (exact) mass is 588 g/mol. The molecule has 0 saturated carbocycles. The number of fused-ring (bicyclic) bond motifs is 1. The van der Waals surface area contributed by atoms with Crippen molar-refractivity contribution in [1.82, 2.24) is 29.6 Å². The lowest BCUT2D eigenvalue weighted by molar-refractivity contribution is -0.137. The van der Waals surface area contributed by atoms with E-state index in [1.165, 1.54) is 17.3 Å². The average Bonchev–Trinajstić information content (AvgIpc) is 3.35. The molecule has 0 spiro atoms. The van der Waals surface area contributed by atoms with Gasteiger partial charge in [-0.25, -0.2) is 38.1 Å². The minimum absolute atomic E-state index is 0.0481. The molecular weight excluding hydrogens is 563 g/mol. The Morgan fingerprint density at radius 1 is 0.929 bits per heavy atom. The lowest BCUT2D eigenvalue weighted by atomic mass is 10.2. The molecule has 0 aliphatic carbocycles. The molecule has 15 heteroatoms. The van der Waals surface area contributed by atoms with E-state index in [0.29, 0.717) is 22.3 Å². The predicted molar refractivity (Wildman–Crippen MR) is 142 cm³/mol. The third-order valence-electron chi connectivity index (χ3n) is 6.66. The molecule has 220 valence electrons. The van der Waals surface area contributed by atoms with Crippen molar-refractivity contribution in [3.63, 3.8) is 0 Å². The van der Waals surface area contributed by atoms with Gasteiger partial charge in [0.15, 0.2) is 5.65 Å². The molecule has 0 radical (unpaired) electrons. The second-order valence-electron chi connectivity index (χ2n) is 9.56. The van der Waals surface area contributed by atoms with Crippen LogP contribution < -0.4 is 9.80 Å². The Hall–Kier alpha value is -4.69. The highest BCUT2D eigenvalue weighted by Gasteiger charge is 2.35. The summed E-state index contributed by atoms with van der Waals surface area (Å²) in [5, 5.41) is 3.93. The molecule has 1 aliphatic heterocycles. The molecule has 0 N–H and O–H groups in total. The maximum Gasteiger partial charge on any atom is 0.416 e. The Balaban J connectivity index is 1.48. The van der Waals surface area contributed by atoms with Crippen LogP contribution in [0, 0.1) is 0 Å². The third-order valence-corrected chi connectivity index (χ3v) is 6.66. The zero-order valence-corrected chi connectivity index (χ0v) is 22.1. The summed E-state index contributed by atoms with van der Waals surface area (Å²) in [5.74, 6) is -0.794. The number of carbonyl (C=O) groups excluding carboxylic acids is 2. The Morgan fingerprint density at radius 3 is 2.45 bits per heavy atom. The van der Waals surface area contributed by atoms with Crippen LogP contribution in [-0.2, 0) is 24.1 Å². The Bertz CT molecular complexity index is 1560. The number of halogens is 5. The van der Waals surface area contributed by atoms with Gasteiger partial charge < -0.3 is 9.80 Å². The fourth-order valence-electron chi connectivity index (χ4n) is 4.61. The van der Waals surface area contributed by atoms with Crippen LogP contribution in [0.15, 0.2) is 61.1 Å². The highest BCUT2D eigenvalue weighted by atomic mass is 19.4. The van der Waals surface area contributed by atoms with E-state index in [2.05, 4.69) is 20.1 Å². The van der Waals surface area contributed by atoms with Crippen molar-refractivity contribution in [3.05, 3.63) is 72.2 Å². The number of pyridine rings is 1. The van der Waals surface area contributed by atoms with Gasteiger partial charge in [0.1, 0.15) is 23.7 Å². The van der Waals surface area contributed by atoms with Crippen molar-refractivity contribution >= 4 is 34.7 Å². The summed E-state index contributed by atoms with van der Waals surface area (Å²) < 4.78 is 67.5. The number of aromatic nitrogens is 5. The topological polar surface area (TPSA) is 100 Å². The van der Waals surface area contributed by atoms with Crippen LogP contribution in [0.25, 0.3) is 11.2 Å². The third kappa shape index (κ3) is 6.44. The Morgan fingerprint density at radius 2 is 1.71 bits per heavy atom. The van der Waals surface area contributed by atoms with Crippen LogP contribution in [-0.4, -0.2) is 67.6 Å². The molecule has 1 saturated heterocycles. The standard InChI is InChI=1S/C27H25F5N8O2/c28-21(29)17-39-25-20(14-35-39)34-15-23(36-25)37-10-4-7-24(41)40(22-13-19(8-9-33-22)27(30,31)32)26(42)38(12-11-37)16-18-5-2-1-3-6-18/h1-3,5-6,8-9,13-15,21H,4,7,10-12,16-17H2. The van der Waals surface area contributed by atoms with Gasteiger partial charge in [-0.05, 0) is 24.1 Å². The minimum Gasteiger partial charge on any atom is -0.353 e. The average molecular weight is 589 g/mol. The quantitative estimate of drug-likeness (QED) is 0.300. The first-order valence-corrected chi connectivity index (χ1v) is 13.0. The fraction of sp³-hybridized carbons (Fsp3) is 0.333. The first kappa shape index (κ1) is 28.8. The van der Waals surface area contributed by atoms with Gasteiger partial charge in [0.05, 0.1) is 18.0 Å². The number of rotatable bonds is 6. The second kappa shape index (κ2) is 12.0. The molecule has 0 bridgehead atoms. The summed E-state index contributed by atoms with van der Waals surface area (Å²) >= 11 is 0. The SMILES string of the molecule is O=C1CCCN(c2cnc3cnn(CC(F)F)c3n2)CCN(Cc2ccccc2)C(=O)N1c1cc(C(F)(F)F)ccn1. The number of amides is 3. The Labute approximate surface area is 236 Å². The maximum atomic E-state index is 13.9. The lowest BCUT2D eigenvalue weighted by Gasteiger charge is -2.33. The molecule has 10 nitrogen and oxygen atoms in total. The number of carbonyl (C=O) groups is 2. The molecule has 4 aromatic rings. The molecule has 1 fully saturated rings. The van der Waals surface area contributed by atoms with Gasteiger partial charge in [0.25, 0.3) is 6.43 Å². The van der Waals surface area contributed by atoms with Crippen molar-refractivity contribution in [1.29, 1.82) is 0 Å². The first-order chi connectivity index (χ1) is 20.1. The number of hydrogen-bond donors (Lipinski definition) is 0. The molecule has 4 heterocycles. The van der Waals surface area contributed by atoms with Crippen LogP contribution in [0.5, 0.6) is 0 Å². The van der Waals surface area contributed by atoms with Crippen LogP contribution in [0.2, 0.25) is 0 Å². The minimum atomic E-state index is -4.70. The first-order valence-electron chi connectivity index (χ1n) is 13.0. The summed E-state index contributed by atoms with van der Waals surface area (Å²) in [6.07, 6.45) is -3.59. The van der Waals surface area contributed by atoms with Crippen molar-refractivity contribution in [2.45, 2.75) is 38.5 Å². The van der Waals surface area contributed by atoms with Gasteiger partial charge in [-0.15, -0.1) is 0 Å². The number of nitrogens with zero attached hydrogens (tertiary/aromatic N) is 8. The van der Waals surface area contributed by atoms with E-state index in [9.17, 15) is 31.5 Å². The second-order valence-corrected chi connectivity index (χ2v) is 9.56. The largest absolute Gasteiger partial charge is 0.416 e. The molecule has 42 heavy (non-hydrogen) atoms. The summed E-state index contributed by atoms with van der Waals surface area (Å²) in [7, 11) is 0. The van der Waals surface area contributed by atoms with Crippen molar-refractivity contribution in [3.8, 4) is 0 Å². The van der Waals surface area contributed by atoms with Gasteiger partial charge >= 0.3 is 12.2 Å². The van der Waals surface area contributed by atoms with Gasteiger partial charge in [-0.1, -0.05) is 30.3 Å². The number of hydrogen-bond acceptors (Lipinski definition) is 7. The van der Waals surface area contributed by atoms with Gasteiger partial charge in [-0.3, -0.25) is 4.79 Å². The Kier molecular flexibility index (Phi) is 8.27. The van der Waals surface area contributed by atoms with Gasteiger partial charge in [0.2, 0.25) is 5.91 Å². The van der Waals surface area contributed by atoms with E-state index in [0.717, 1.165) is 22.5 Å². The normalized spacial score (nSPS) is 15.6. The number of alkyl halides is 5. The van der Waals surface area contributed by atoms with Crippen LogP contribution in [0.3, 0.4) is 0 Å². The van der Waals surface area contributed by atoms with Crippen molar-refractivity contribution in [2.24, 2.45) is 0 Å². The highest BCUT2D eigenvalue weighted by molar-refractivity contribution is 6.13. The molecule has 3 aromatic heterocycles. The molecule has 3 amide bonds. The molecule has 5 rings (SSSR count). The maximum absolute atomic E-state index is 13.9. The summed E-state index contributed by atoms with van der Waals surface area (Å²) in [6.45, 7) is -0.0740. The number of benzene rings is 1. The van der Waals surface area contributed by atoms with Gasteiger partial charge in [0, 0.05) is 38.8 Å². The molecule has 0 unspecified atom stereocenters. The van der Waals surface area contributed by atoms with Crippen LogP contribution >= 0.6 is 0 Å². The predicted octanol–water partition coefficient (Wildman–Crippen LogP) is 4.76. The van der Waals surface area contributed by atoms with E-state index in [4.69, 9.17) is 0 Å². The fourth-order valence-corrected chi connectivity index (χ4v) is 4.61. The van der Waals surface area contributed by atoms with Crippen LogP contribution in [0.1, 0.15) is 24.0 Å². The summed E-state index contributed by atoms with van der Waals surface area (Å²) in [5.41, 5.74) is 0.197. The number of imide groups is 1.